The molecule has 1 aromatic heterocycles. The third-order valence-corrected chi connectivity index (χ3v) is 6.18. The Hall–Kier alpha value is -0.944. The van der Waals surface area contributed by atoms with Crippen LogP contribution in [0, 0.1) is 0 Å². The molecule has 0 aliphatic heterocycles. The summed E-state index contributed by atoms with van der Waals surface area (Å²) in [6.07, 6.45) is -0.743. The van der Waals surface area contributed by atoms with Gasteiger partial charge in [-0.25, -0.2) is 0 Å². The van der Waals surface area contributed by atoms with Gasteiger partial charge in [0.15, 0.2) is 0 Å². The molecule has 2 aromatic carbocycles. The van der Waals surface area contributed by atoms with E-state index in [9.17, 15) is 23.1 Å². The van der Waals surface area contributed by atoms with E-state index in [1.54, 1.807) is 23.5 Å². The van der Waals surface area contributed by atoms with E-state index in [-0.39, 0.29) is 57.1 Å². The van der Waals surface area contributed by atoms with Crippen LogP contribution in [0.4, 0.5) is 18.9 Å². The molecule has 0 fully saturated rings. The molecule has 0 aliphatic rings. The molecule has 3 rings (SSSR count). The van der Waals surface area contributed by atoms with Gasteiger partial charge in [0.2, 0.25) is 5.52 Å². The minimum atomic E-state index is -4.54. The Morgan fingerprint density at radius 3 is 2.44 bits per heavy atom. The Balaban J connectivity index is 0.00000363. The second-order valence-electron chi connectivity index (χ2n) is 6.96. The molecule has 164 valence electrons. The van der Waals surface area contributed by atoms with E-state index in [0.29, 0.717) is 5.02 Å². The van der Waals surface area contributed by atoms with Gasteiger partial charge in [-0.05, 0) is 49.8 Å². The fourth-order valence-corrected chi connectivity index (χ4v) is 4.52. The standard InChI is InChI=1S/C22H20ClF3N2O2S.K/c1-3-27-18-12-16(23)7-10-19(18)31-20(27)11-6-15-4-8-17(9-5-15)28(13-22(24,25)26)14(2)21(29)30;/h4-12,14H,3,13H2,1-2H3;/q;+1. The average Bonchev–Trinajstić information content (AvgIpc) is 3.06. The Bertz CT molecular complexity index is 1120. The zero-order chi connectivity index (χ0) is 22.8. The van der Waals surface area contributed by atoms with Crippen molar-refractivity contribution < 1.29 is 79.0 Å². The number of aromatic nitrogens is 1. The smallest absolute Gasteiger partial charge is 0.548 e. The number of halogens is 4. The molecule has 0 amide bonds. The summed E-state index contributed by atoms with van der Waals surface area (Å²) in [6, 6.07) is 10.6. The second kappa shape index (κ2) is 11.5. The van der Waals surface area contributed by atoms with Crippen LogP contribution in [-0.4, -0.2) is 24.7 Å². The summed E-state index contributed by atoms with van der Waals surface area (Å²) in [6.45, 7) is 2.59. The Kier molecular flexibility index (Phi) is 9.78. The number of carbonyl (C=O) groups is 1. The molecule has 0 spiro atoms. The number of carbonyl (C=O) groups excluding carboxylic acids is 1. The molecule has 0 bridgehead atoms. The molecule has 0 saturated heterocycles. The zero-order valence-corrected chi connectivity index (χ0v) is 22.5. The molecule has 0 aliphatic carbocycles. The number of aryl methyl sites for hydroxylation is 1. The molecule has 10 heteroatoms. The number of anilines is 1. The van der Waals surface area contributed by atoms with Gasteiger partial charge in [0.1, 0.15) is 17.8 Å². The van der Waals surface area contributed by atoms with Crippen LogP contribution >= 0.6 is 22.9 Å². The molecule has 0 saturated carbocycles. The van der Waals surface area contributed by atoms with Crippen molar-refractivity contribution in [2.24, 2.45) is 0 Å². The summed E-state index contributed by atoms with van der Waals surface area (Å²) >= 11 is 7.72. The van der Waals surface area contributed by atoms with Gasteiger partial charge in [-0.15, -0.1) is 0 Å². The fraction of sp³-hybridized carbons (Fsp3) is 0.273. The Morgan fingerprint density at radius 2 is 1.88 bits per heavy atom. The number of fused-ring (bicyclic) bond motifs is 1. The number of alkyl halides is 3. The van der Waals surface area contributed by atoms with Crippen molar-refractivity contribution in [2.75, 3.05) is 11.4 Å². The van der Waals surface area contributed by atoms with Crippen LogP contribution in [0.1, 0.15) is 24.4 Å². The van der Waals surface area contributed by atoms with E-state index in [2.05, 4.69) is 4.57 Å². The maximum Gasteiger partial charge on any atom is 1.00 e. The van der Waals surface area contributed by atoms with Crippen LogP contribution in [0.15, 0.2) is 42.5 Å². The van der Waals surface area contributed by atoms with E-state index >= 15 is 0 Å². The van der Waals surface area contributed by atoms with E-state index in [0.717, 1.165) is 32.2 Å². The quantitative estimate of drug-likeness (QED) is 0.360. The molecule has 1 heterocycles. The van der Waals surface area contributed by atoms with Crippen LogP contribution in [0.2, 0.25) is 5.02 Å². The molecule has 0 N–H and O–H groups in total. The van der Waals surface area contributed by atoms with Gasteiger partial charge in [-0.2, -0.15) is 17.7 Å². The number of carboxylic acids is 1. The Labute approximate surface area is 235 Å². The van der Waals surface area contributed by atoms with Gasteiger partial charge in [-0.3, -0.25) is 0 Å². The number of hydrogen-bond acceptors (Lipinski definition) is 4. The van der Waals surface area contributed by atoms with Crippen molar-refractivity contribution in [3.63, 3.8) is 0 Å². The van der Waals surface area contributed by atoms with Crippen molar-refractivity contribution in [1.29, 1.82) is 0 Å². The van der Waals surface area contributed by atoms with E-state index in [4.69, 9.17) is 11.6 Å². The van der Waals surface area contributed by atoms with Crippen LogP contribution < -0.4 is 66.0 Å². The predicted octanol–water partition coefficient (Wildman–Crippen LogP) is 1.54. The molecular weight excluding hydrogens is 488 g/mol. The van der Waals surface area contributed by atoms with E-state index in [1.807, 2.05) is 37.3 Å². The summed E-state index contributed by atoms with van der Waals surface area (Å²) in [7, 11) is 0. The largest absolute Gasteiger partial charge is 1.00 e. The van der Waals surface area contributed by atoms with Crippen LogP contribution in [0.25, 0.3) is 22.4 Å². The first kappa shape index (κ1) is 27.3. The van der Waals surface area contributed by atoms with Gasteiger partial charge in [0.25, 0.3) is 5.01 Å². The normalized spacial score (nSPS) is 12.7. The summed E-state index contributed by atoms with van der Waals surface area (Å²) in [5.74, 6) is -1.57. The average molecular weight is 508 g/mol. The second-order valence-corrected chi connectivity index (χ2v) is 8.46. The van der Waals surface area contributed by atoms with Crippen molar-refractivity contribution in [1.82, 2.24) is 0 Å². The van der Waals surface area contributed by atoms with Crippen LogP contribution in [-0.2, 0) is 11.3 Å². The van der Waals surface area contributed by atoms with Crippen LogP contribution in [0.3, 0.4) is 0 Å². The zero-order valence-electron chi connectivity index (χ0n) is 17.8. The van der Waals surface area contributed by atoms with Crippen molar-refractivity contribution in [3.05, 3.63) is 58.1 Å². The fourth-order valence-electron chi connectivity index (χ4n) is 3.24. The van der Waals surface area contributed by atoms with Crippen molar-refractivity contribution >= 4 is 57.0 Å². The van der Waals surface area contributed by atoms with Gasteiger partial charge in [-0.1, -0.05) is 35.1 Å². The number of aliphatic carboxylic acids is 1. The summed E-state index contributed by atoms with van der Waals surface area (Å²) in [4.78, 5) is 11.9. The van der Waals surface area contributed by atoms with Gasteiger partial charge >= 0.3 is 57.6 Å². The maximum absolute atomic E-state index is 12.9. The van der Waals surface area contributed by atoms with E-state index in [1.165, 1.54) is 19.1 Å². The number of rotatable bonds is 7. The molecule has 32 heavy (non-hydrogen) atoms. The minimum Gasteiger partial charge on any atom is -0.548 e. The number of hydrogen-bond donors (Lipinski definition) is 0. The molecule has 1 unspecified atom stereocenters. The molecule has 4 nitrogen and oxygen atoms in total. The predicted molar refractivity (Wildman–Crippen MR) is 116 cm³/mol. The number of thiazole rings is 1. The maximum atomic E-state index is 12.9. The van der Waals surface area contributed by atoms with E-state index < -0.39 is 24.7 Å². The van der Waals surface area contributed by atoms with Crippen LogP contribution in [0.5, 0.6) is 0 Å². The monoisotopic (exact) mass is 507 g/mol. The first-order valence-corrected chi connectivity index (χ1v) is 10.7. The molecule has 1 atom stereocenters. The third kappa shape index (κ3) is 6.79. The summed E-state index contributed by atoms with van der Waals surface area (Å²) in [5.41, 5.74) is 1.97. The van der Waals surface area contributed by atoms with Crippen molar-refractivity contribution in [3.8, 4) is 0 Å². The number of carboxylic acid groups (broad SMARTS) is 1. The SMILES string of the molecule is CC[n+]1c(C=Cc2ccc(N(CC(F)(F)F)C(C)C(=O)[O-])cc2)sc2ccc(Cl)cc21.[K+]. The topological polar surface area (TPSA) is 47.2 Å². The number of nitrogens with zero attached hydrogens (tertiary/aromatic N) is 2. The number of benzene rings is 2. The summed E-state index contributed by atoms with van der Waals surface area (Å²) < 4.78 is 42.0. The van der Waals surface area contributed by atoms with Gasteiger partial charge in [0.05, 0.1) is 12.0 Å². The van der Waals surface area contributed by atoms with Gasteiger partial charge in [0, 0.05) is 22.9 Å². The first-order valence-electron chi connectivity index (χ1n) is 9.53. The molecule has 3 aromatic rings. The molecule has 0 radical (unpaired) electrons. The van der Waals surface area contributed by atoms with Crippen molar-refractivity contribution in [2.45, 2.75) is 32.6 Å². The first-order chi connectivity index (χ1) is 14.6. The van der Waals surface area contributed by atoms with Gasteiger partial charge < -0.3 is 14.8 Å². The Morgan fingerprint density at radius 1 is 1.22 bits per heavy atom. The minimum absolute atomic E-state index is 0. The summed E-state index contributed by atoms with van der Waals surface area (Å²) in [5, 5.41) is 12.8. The third-order valence-electron chi connectivity index (χ3n) is 4.81. The molecular formula is C22H20ClF3KN2O2S+.